The molecule has 1 N–H and O–H groups in total. The zero-order valence-electron chi connectivity index (χ0n) is 12.0. The van der Waals surface area contributed by atoms with Gasteiger partial charge in [-0.25, -0.2) is 0 Å². The normalized spacial score (nSPS) is 18.9. The van der Waals surface area contributed by atoms with E-state index >= 15 is 0 Å². The summed E-state index contributed by atoms with van der Waals surface area (Å²) in [5.74, 6) is 0. The first-order chi connectivity index (χ1) is 8.94. The van der Waals surface area contributed by atoms with E-state index in [1.807, 2.05) is 51.1 Å². The molecule has 0 aliphatic carbocycles. The van der Waals surface area contributed by atoms with E-state index in [0.717, 1.165) is 31.9 Å². The molecule has 1 aliphatic heterocycles. The fraction of sp³-hybridized carbons (Fsp3) is 0.533. The number of amides is 1. The summed E-state index contributed by atoms with van der Waals surface area (Å²) in [7, 11) is 0. The maximum Gasteiger partial charge on any atom is 0.521 e. The lowest BCUT2D eigenvalue weighted by Gasteiger charge is -2.38. The van der Waals surface area contributed by atoms with Crippen molar-refractivity contribution < 1.29 is 9.53 Å². The van der Waals surface area contributed by atoms with Crippen LogP contribution in [0.5, 0.6) is 0 Å². The molecule has 1 aromatic rings. The predicted octanol–water partition coefficient (Wildman–Crippen LogP) is 2.53. The van der Waals surface area contributed by atoms with Crippen LogP contribution in [0.25, 0.3) is 0 Å². The van der Waals surface area contributed by atoms with Gasteiger partial charge in [0.1, 0.15) is 24.4 Å². The molecule has 0 saturated carbocycles. The van der Waals surface area contributed by atoms with E-state index < -0.39 is 5.60 Å². The van der Waals surface area contributed by atoms with Gasteiger partial charge in [0.15, 0.2) is 0 Å². The van der Waals surface area contributed by atoms with Crippen LogP contribution in [0.4, 0.5) is 10.5 Å². The third kappa shape index (κ3) is 3.14. The van der Waals surface area contributed by atoms with Gasteiger partial charge in [0.25, 0.3) is 0 Å². The summed E-state index contributed by atoms with van der Waals surface area (Å²) >= 11 is 0. The minimum absolute atomic E-state index is 0.153. The standard InChI is InChI=1S/C15H23N2O2/c1-15(2,3)19-14(18)17(11-9-16-10-12-17)13-7-5-4-6-8-13/h4-8,16H,9-12H2,1-3H3/q+1. The summed E-state index contributed by atoms with van der Waals surface area (Å²) in [6, 6.07) is 9.94. The fourth-order valence-electron chi connectivity index (χ4n) is 2.39. The second kappa shape index (κ2) is 5.31. The van der Waals surface area contributed by atoms with Gasteiger partial charge in [-0.3, -0.25) is 0 Å². The molecule has 1 aliphatic rings. The number of para-hydroxylation sites is 1. The molecule has 2 rings (SSSR count). The third-order valence-electron chi connectivity index (χ3n) is 3.33. The van der Waals surface area contributed by atoms with Gasteiger partial charge in [-0.15, -0.1) is 0 Å². The Morgan fingerprint density at radius 1 is 1.16 bits per heavy atom. The number of carbonyl (C=O) groups excluding carboxylic acids is 1. The maximum absolute atomic E-state index is 12.7. The number of nitrogens with one attached hydrogen (secondary N) is 1. The monoisotopic (exact) mass is 263 g/mol. The van der Waals surface area contributed by atoms with Crippen LogP contribution in [-0.2, 0) is 4.74 Å². The molecule has 1 saturated heterocycles. The Balaban J connectivity index is 2.32. The number of piperazine rings is 1. The van der Waals surface area contributed by atoms with Crippen LogP contribution in [0.2, 0.25) is 0 Å². The topological polar surface area (TPSA) is 38.3 Å². The fourth-order valence-corrected chi connectivity index (χ4v) is 2.39. The predicted molar refractivity (Wildman–Crippen MR) is 77.1 cm³/mol. The van der Waals surface area contributed by atoms with Crippen molar-refractivity contribution in [2.75, 3.05) is 26.2 Å². The third-order valence-corrected chi connectivity index (χ3v) is 3.33. The molecule has 4 nitrogen and oxygen atoms in total. The molecule has 0 radical (unpaired) electrons. The first-order valence-electron chi connectivity index (χ1n) is 6.81. The van der Waals surface area contributed by atoms with Crippen LogP contribution in [0, 0.1) is 0 Å². The van der Waals surface area contributed by atoms with E-state index in [2.05, 4.69) is 5.32 Å². The van der Waals surface area contributed by atoms with Gasteiger partial charge in [-0.05, 0) is 32.9 Å². The Morgan fingerprint density at radius 2 is 1.74 bits per heavy atom. The largest absolute Gasteiger partial charge is 0.521 e. The molecule has 1 heterocycles. The van der Waals surface area contributed by atoms with Crippen molar-refractivity contribution in [3.63, 3.8) is 0 Å². The molecule has 104 valence electrons. The molecule has 0 spiro atoms. The first-order valence-corrected chi connectivity index (χ1v) is 6.81. The number of quaternary nitrogens is 1. The highest BCUT2D eigenvalue weighted by Gasteiger charge is 2.44. The molecular weight excluding hydrogens is 240 g/mol. The Hall–Kier alpha value is -1.39. The van der Waals surface area contributed by atoms with Crippen LogP contribution in [-0.4, -0.2) is 37.9 Å². The van der Waals surface area contributed by atoms with Crippen LogP contribution < -0.4 is 9.80 Å². The summed E-state index contributed by atoms with van der Waals surface area (Å²) in [6.45, 7) is 8.86. The number of carbonyl (C=O) groups is 1. The van der Waals surface area contributed by atoms with Crippen molar-refractivity contribution in [1.29, 1.82) is 0 Å². The molecule has 0 unspecified atom stereocenters. The molecule has 4 heteroatoms. The zero-order chi connectivity index (χ0) is 13.9. The van der Waals surface area contributed by atoms with Gasteiger partial charge in [0, 0.05) is 13.1 Å². The summed E-state index contributed by atoms with van der Waals surface area (Å²) in [5.41, 5.74) is 0.556. The van der Waals surface area contributed by atoms with Crippen molar-refractivity contribution in [3.8, 4) is 0 Å². The molecule has 0 aromatic heterocycles. The number of hydrogen-bond acceptors (Lipinski definition) is 3. The van der Waals surface area contributed by atoms with Crippen LogP contribution in [0.1, 0.15) is 20.8 Å². The Labute approximate surface area is 115 Å². The van der Waals surface area contributed by atoms with Gasteiger partial charge < -0.3 is 10.1 Å². The smallest absolute Gasteiger partial charge is 0.414 e. The minimum atomic E-state index is -0.456. The number of nitrogens with zero attached hydrogens (tertiary/aromatic N) is 1. The average molecular weight is 263 g/mol. The van der Waals surface area contributed by atoms with Gasteiger partial charge in [-0.1, -0.05) is 18.2 Å². The lowest BCUT2D eigenvalue weighted by atomic mass is 10.2. The van der Waals surface area contributed by atoms with Gasteiger partial charge in [0.05, 0.1) is 0 Å². The Bertz CT molecular complexity index is 431. The van der Waals surface area contributed by atoms with Crippen molar-refractivity contribution in [2.24, 2.45) is 0 Å². The number of hydrogen-bond donors (Lipinski definition) is 1. The minimum Gasteiger partial charge on any atom is -0.414 e. The quantitative estimate of drug-likeness (QED) is 0.791. The molecular formula is C15H23N2O2+. The van der Waals surface area contributed by atoms with Gasteiger partial charge >= 0.3 is 6.09 Å². The number of rotatable bonds is 1. The lowest BCUT2D eigenvalue weighted by Crippen LogP contribution is -2.64. The Kier molecular flexibility index (Phi) is 3.92. The Morgan fingerprint density at radius 3 is 2.26 bits per heavy atom. The number of ether oxygens (including phenoxy) is 1. The first kappa shape index (κ1) is 14.0. The van der Waals surface area contributed by atoms with E-state index in [4.69, 9.17) is 4.74 Å². The van der Waals surface area contributed by atoms with Crippen molar-refractivity contribution in [3.05, 3.63) is 30.3 Å². The van der Waals surface area contributed by atoms with Crippen molar-refractivity contribution in [2.45, 2.75) is 26.4 Å². The lowest BCUT2D eigenvalue weighted by molar-refractivity contribution is 0.0241. The van der Waals surface area contributed by atoms with Crippen LogP contribution >= 0.6 is 0 Å². The molecule has 1 fully saturated rings. The van der Waals surface area contributed by atoms with Crippen molar-refractivity contribution >= 4 is 11.8 Å². The maximum atomic E-state index is 12.7. The van der Waals surface area contributed by atoms with Crippen molar-refractivity contribution in [1.82, 2.24) is 9.80 Å². The second-order valence-electron chi connectivity index (χ2n) is 5.98. The van der Waals surface area contributed by atoms with Gasteiger partial charge in [0.2, 0.25) is 0 Å². The highest BCUT2D eigenvalue weighted by Crippen LogP contribution is 2.27. The van der Waals surface area contributed by atoms with Crippen LogP contribution in [0.15, 0.2) is 30.3 Å². The van der Waals surface area contributed by atoms with E-state index in [0.29, 0.717) is 0 Å². The summed E-state index contributed by atoms with van der Waals surface area (Å²) in [6.07, 6.45) is -0.153. The SMILES string of the molecule is CC(C)(C)OC(=O)[N+]1(c2ccccc2)CCNCC1. The molecule has 1 amide bonds. The van der Waals surface area contributed by atoms with E-state index in [1.165, 1.54) is 0 Å². The van der Waals surface area contributed by atoms with Crippen LogP contribution in [0.3, 0.4) is 0 Å². The molecule has 0 bridgehead atoms. The van der Waals surface area contributed by atoms with E-state index in [-0.39, 0.29) is 10.6 Å². The summed E-state index contributed by atoms with van der Waals surface area (Å²) in [5, 5.41) is 3.30. The average Bonchev–Trinajstić information content (AvgIpc) is 2.38. The zero-order valence-corrected chi connectivity index (χ0v) is 12.0. The highest BCUT2D eigenvalue weighted by atomic mass is 16.6. The molecule has 1 aromatic carbocycles. The van der Waals surface area contributed by atoms with E-state index in [1.54, 1.807) is 0 Å². The molecule has 19 heavy (non-hydrogen) atoms. The summed E-state index contributed by atoms with van der Waals surface area (Å²) in [4.78, 5) is 12.7. The highest BCUT2D eigenvalue weighted by molar-refractivity contribution is 5.83. The number of benzene rings is 1. The van der Waals surface area contributed by atoms with E-state index in [9.17, 15) is 4.79 Å². The van der Waals surface area contributed by atoms with Gasteiger partial charge in [-0.2, -0.15) is 9.28 Å². The summed E-state index contributed by atoms with van der Waals surface area (Å²) < 4.78 is 5.92. The second-order valence-corrected chi connectivity index (χ2v) is 5.98. The molecule has 0 atom stereocenters.